The summed E-state index contributed by atoms with van der Waals surface area (Å²) in [6, 6.07) is 10.1. The maximum absolute atomic E-state index is 15.1. The lowest BCUT2D eigenvalue weighted by molar-refractivity contribution is -0.137. The number of aromatic nitrogens is 4. The first kappa shape index (κ1) is 24.2. The molecule has 0 bridgehead atoms. The highest BCUT2D eigenvalue weighted by Gasteiger charge is 2.35. The molecule has 0 aliphatic carbocycles. The van der Waals surface area contributed by atoms with Crippen LogP contribution in [-0.2, 0) is 4.79 Å². The highest BCUT2D eigenvalue weighted by Crippen LogP contribution is 2.39. The fraction of sp³-hybridized carbons (Fsp3) is 0.333. The van der Waals surface area contributed by atoms with Gasteiger partial charge in [0.25, 0.3) is 0 Å². The largest absolute Gasteiger partial charge is 0.349 e. The number of carbonyl (C=O) groups is 1. The zero-order valence-electron chi connectivity index (χ0n) is 20.7. The van der Waals surface area contributed by atoms with Crippen LogP contribution in [0.3, 0.4) is 0 Å². The van der Waals surface area contributed by atoms with Crippen LogP contribution >= 0.6 is 11.6 Å². The van der Waals surface area contributed by atoms with Crippen LogP contribution in [0.25, 0.3) is 28.0 Å². The van der Waals surface area contributed by atoms with Gasteiger partial charge in [-0.05, 0) is 26.0 Å². The summed E-state index contributed by atoms with van der Waals surface area (Å²) in [5.74, 6) is 1.03. The molecule has 1 aliphatic rings. The van der Waals surface area contributed by atoms with Gasteiger partial charge in [0.2, 0.25) is 5.91 Å². The van der Waals surface area contributed by atoms with Gasteiger partial charge in [-0.1, -0.05) is 43.6 Å². The Morgan fingerprint density at radius 1 is 1.06 bits per heavy atom. The zero-order valence-corrected chi connectivity index (χ0v) is 21.4. The molecule has 1 fully saturated rings. The van der Waals surface area contributed by atoms with Crippen molar-refractivity contribution in [2.75, 3.05) is 18.0 Å². The van der Waals surface area contributed by atoms with E-state index in [1.807, 2.05) is 35.6 Å². The van der Waals surface area contributed by atoms with Crippen molar-refractivity contribution in [3.05, 3.63) is 66.0 Å². The standard InChI is InChI=1S/C27H28ClFN6O/c1-16(2)27(36)34-13-17(3)33(12-18(34)4)25-24-21(20-7-5-6-8-22(20)29)14-35(26(24)32-15-31-25)23-11-19(28)9-10-30-23/h5-11,14-18H,12-13H2,1-4H3/t17-,18+/m0/s1. The Morgan fingerprint density at radius 3 is 2.56 bits per heavy atom. The maximum Gasteiger partial charge on any atom is 0.225 e. The minimum absolute atomic E-state index is 0.00288. The van der Waals surface area contributed by atoms with Gasteiger partial charge in [-0.2, -0.15) is 0 Å². The molecule has 5 rings (SSSR count). The van der Waals surface area contributed by atoms with Crippen molar-refractivity contribution in [2.45, 2.75) is 39.8 Å². The maximum atomic E-state index is 15.1. The molecule has 36 heavy (non-hydrogen) atoms. The normalized spacial score (nSPS) is 18.3. The third-order valence-electron chi connectivity index (χ3n) is 6.72. The van der Waals surface area contributed by atoms with E-state index in [1.54, 1.807) is 30.5 Å². The summed E-state index contributed by atoms with van der Waals surface area (Å²) in [5.41, 5.74) is 1.73. The van der Waals surface area contributed by atoms with E-state index < -0.39 is 0 Å². The second-order valence-corrected chi connectivity index (χ2v) is 10.1. The number of carbonyl (C=O) groups excluding carboxylic acids is 1. The van der Waals surface area contributed by atoms with E-state index in [0.717, 1.165) is 5.39 Å². The van der Waals surface area contributed by atoms with Crippen molar-refractivity contribution in [1.29, 1.82) is 0 Å². The average molecular weight is 507 g/mol. The minimum atomic E-state index is -0.334. The fourth-order valence-electron chi connectivity index (χ4n) is 4.91. The molecule has 0 spiro atoms. The van der Waals surface area contributed by atoms with E-state index in [4.69, 9.17) is 11.6 Å². The zero-order chi connectivity index (χ0) is 25.6. The Balaban J connectivity index is 1.69. The summed E-state index contributed by atoms with van der Waals surface area (Å²) in [7, 11) is 0. The molecular weight excluding hydrogens is 479 g/mol. The van der Waals surface area contributed by atoms with Crippen LogP contribution in [0, 0.1) is 11.7 Å². The van der Waals surface area contributed by atoms with Gasteiger partial charge in [0.15, 0.2) is 5.65 Å². The third kappa shape index (κ3) is 4.19. The van der Waals surface area contributed by atoms with Crippen LogP contribution in [0.5, 0.6) is 0 Å². The molecule has 4 heterocycles. The molecule has 1 aromatic carbocycles. The average Bonchev–Trinajstić information content (AvgIpc) is 3.25. The third-order valence-corrected chi connectivity index (χ3v) is 6.95. The summed E-state index contributed by atoms with van der Waals surface area (Å²) < 4.78 is 16.9. The summed E-state index contributed by atoms with van der Waals surface area (Å²) in [4.78, 5) is 30.7. The molecule has 1 aliphatic heterocycles. The molecule has 0 N–H and O–H groups in total. The molecule has 7 nitrogen and oxygen atoms in total. The number of pyridine rings is 1. The second-order valence-electron chi connectivity index (χ2n) is 9.62. The van der Waals surface area contributed by atoms with Gasteiger partial charge in [0, 0.05) is 65.7 Å². The number of amides is 1. The van der Waals surface area contributed by atoms with Gasteiger partial charge in [0.1, 0.15) is 23.8 Å². The van der Waals surface area contributed by atoms with Crippen molar-refractivity contribution in [3.8, 4) is 16.9 Å². The molecule has 1 saturated heterocycles. The molecule has 4 aromatic rings. The molecule has 9 heteroatoms. The van der Waals surface area contributed by atoms with Crippen LogP contribution in [0.2, 0.25) is 5.02 Å². The molecule has 186 valence electrons. The number of piperazine rings is 1. The van der Waals surface area contributed by atoms with Crippen molar-refractivity contribution in [1.82, 2.24) is 24.4 Å². The van der Waals surface area contributed by atoms with Crippen LogP contribution < -0.4 is 4.90 Å². The monoisotopic (exact) mass is 506 g/mol. The Morgan fingerprint density at radius 2 is 1.83 bits per heavy atom. The van der Waals surface area contributed by atoms with Gasteiger partial charge < -0.3 is 9.80 Å². The Kier molecular flexibility index (Phi) is 6.38. The number of hydrogen-bond acceptors (Lipinski definition) is 5. The molecule has 2 atom stereocenters. The molecule has 1 amide bonds. The van der Waals surface area contributed by atoms with Gasteiger partial charge in [0.05, 0.1) is 5.39 Å². The fourth-order valence-corrected chi connectivity index (χ4v) is 5.06. The molecular formula is C27H28ClFN6O. The number of fused-ring (bicyclic) bond motifs is 1. The summed E-state index contributed by atoms with van der Waals surface area (Å²) in [5, 5.41) is 1.27. The Bertz CT molecular complexity index is 1440. The van der Waals surface area contributed by atoms with E-state index in [1.165, 1.54) is 12.4 Å². The number of anilines is 1. The van der Waals surface area contributed by atoms with E-state index in [-0.39, 0.29) is 29.7 Å². The molecule has 0 radical (unpaired) electrons. The number of nitrogens with zero attached hydrogens (tertiary/aromatic N) is 6. The summed E-state index contributed by atoms with van der Waals surface area (Å²) >= 11 is 6.26. The lowest BCUT2D eigenvalue weighted by Crippen LogP contribution is -2.59. The predicted octanol–water partition coefficient (Wildman–Crippen LogP) is 5.36. The van der Waals surface area contributed by atoms with Gasteiger partial charge >= 0.3 is 0 Å². The Labute approximate surface area is 214 Å². The van der Waals surface area contributed by atoms with Crippen LogP contribution in [0.1, 0.15) is 27.7 Å². The summed E-state index contributed by atoms with van der Waals surface area (Å²) in [6.07, 6.45) is 4.99. The van der Waals surface area contributed by atoms with Crippen LogP contribution in [0.4, 0.5) is 10.2 Å². The molecule has 0 saturated carbocycles. The lowest BCUT2D eigenvalue weighted by atomic mass is 10.0. The number of benzene rings is 1. The van der Waals surface area contributed by atoms with Crippen molar-refractivity contribution < 1.29 is 9.18 Å². The second kappa shape index (κ2) is 9.50. The topological polar surface area (TPSA) is 67.2 Å². The Hall–Kier alpha value is -3.52. The van der Waals surface area contributed by atoms with Gasteiger partial charge in [-0.15, -0.1) is 0 Å². The van der Waals surface area contributed by atoms with Crippen LogP contribution in [-0.4, -0.2) is 55.5 Å². The first-order valence-electron chi connectivity index (χ1n) is 12.1. The highest BCUT2D eigenvalue weighted by molar-refractivity contribution is 6.30. The first-order valence-corrected chi connectivity index (χ1v) is 12.4. The van der Waals surface area contributed by atoms with Crippen molar-refractivity contribution >= 4 is 34.4 Å². The van der Waals surface area contributed by atoms with E-state index >= 15 is 4.39 Å². The number of hydrogen-bond donors (Lipinski definition) is 0. The number of halogens is 2. The van der Waals surface area contributed by atoms with E-state index in [2.05, 4.69) is 33.7 Å². The van der Waals surface area contributed by atoms with Crippen LogP contribution in [0.15, 0.2) is 55.1 Å². The van der Waals surface area contributed by atoms with Crippen molar-refractivity contribution in [2.24, 2.45) is 5.92 Å². The molecule has 3 aromatic heterocycles. The van der Waals surface area contributed by atoms with Gasteiger partial charge in [-0.25, -0.2) is 19.3 Å². The SMILES string of the molecule is CC(C)C(=O)N1C[C@H](C)N(c2ncnc3c2c(-c2ccccc2F)cn3-c2cc(Cl)ccn2)C[C@H]1C. The molecule has 0 unspecified atom stereocenters. The first-order chi connectivity index (χ1) is 17.3. The van der Waals surface area contributed by atoms with E-state index in [9.17, 15) is 4.79 Å². The minimum Gasteiger partial charge on any atom is -0.349 e. The number of rotatable bonds is 4. The quantitative estimate of drug-likeness (QED) is 0.373. The summed E-state index contributed by atoms with van der Waals surface area (Å²) in [6.45, 7) is 9.16. The predicted molar refractivity (Wildman–Crippen MR) is 140 cm³/mol. The van der Waals surface area contributed by atoms with Crippen molar-refractivity contribution in [3.63, 3.8) is 0 Å². The highest BCUT2D eigenvalue weighted by atomic mass is 35.5. The lowest BCUT2D eigenvalue weighted by Gasteiger charge is -2.45. The van der Waals surface area contributed by atoms with E-state index in [0.29, 0.717) is 46.5 Å². The smallest absolute Gasteiger partial charge is 0.225 e. The van der Waals surface area contributed by atoms with Gasteiger partial charge in [-0.3, -0.25) is 9.36 Å².